The molecule has 0 aliphatic carbocycles. The van der Waals surface area contributed by atoms with Crippen LogP contribution in [0.5, 0.6) is 0 Å². The molecule has 0 radical (unpaired) electrons. The van der Waals surface area contributed by atoms with Crippen molar-refractivity contribution in [1.82, 2.24) is 10.2 Å². The lowest BCUT2D eigenvalue weighted by Gasteiger charge is -2.09. The third-order valence-electron chi connectivity index (χ3n) is 3.19. The van der Waals surface area contributed by atoms with Gasteiger partial charge in [-0.2, -0.15) is 13.2 Å². The fourth-order valence-corrected chi connectivity index (χ4v) is 3.37. The SMILES string of the molecule is CSc1nnc(NC(=O)c2ccc(-c3cc(C(F)(F)F)ccc3Cl)o2)s1. The van der Waals surface area contributed by atoms with Crippen LogP contribution in [0.15, 0.2) is 39.1 Å². The maximum absolute atomic E-state index is 12.9. The molecule has 0 saturated heterocycles. The normalized spacial score (nSPS) is 11.6. The Labute approximate surface area is 158 Å². The van der Waals surface area contributed by atoms with Crippen molar-refractivity contribution < 1.29 is 22.4 Å². The standard InChI is InChI=1S/C15H9ClF3N3O2S2/c1-25-14-22-21-13(26-14)20-12(23)11-5-4-10(24-11)8-6-7(15(17,18)19)2-3-9(8)16/h2-6H,1H3,(H,20,21,23). The number of furan rings is 1. The van der Waals surface area contributed by atoms with Gasteiger partial charge >= 0.3 is 6.18 Å². The van der Waals surface area contributed by atoms with Crippen molar-refractivity contribution in [3.05, 3.63) is 46.7 Å². The van der Waals surface area contributed by atoms with Crippen molar-refractivity contribution in [1.29, 1.82) is 0 Å². The molecule has 0 unspecified atom stereocenters. The van der Waals surface area contributed by atoms with Crippen LogP contribution < -0.4 is 5.32 Å². The van der Waals surface area contributed by atoms with Crippen molar-refractivity contribution in [3.8, 4) is 11.3 Å². The lowest BCUT2D eigenvalue weighted by atomic mass is 10.1. The number of alkyl halides is 3. The third-order valence-corrected chi connectivity index (χ3v) is 5.33. The van der Waals surface area contributed by atoms with Gasteiger partial charge in [-0.25, -0.2) is 0 Å². The van der Waals surface area contributed by atoms with Crippen LogP contribution in [0.25, 0.3) is 11.3 Å². The molecule has 136 valence electrons. The van der Waals surface area contributed by atoms with Crippen LogP contribution in [-0.2, 0) is 6.18 Å². The van der Waals surface area contributed by atoms with Gasteiger partial charge in [0.2, 0.25) is 5.13 Å². The number of rotatable bonds is 4. The second-order valence-corrected chi connectivity index (χ2v) is 7.33. The Bertz CT molecular complexity index is 956. The first-order chi connectivity index (χ1) is 12.3. The average molecular weight is 420 g/mol. The molecule has 1 amide bonds. The minimum absolute atomic E-state index is 0.0427. The second kappa shape index (κ2) is 7.29. The maximum atomic E-state index is 12.9. The van der Waals surface area contributed by atoms with Gasteiger partial charge in [-0.3, -0.25) is 10.1 Å². The van der Waals surface area contributed by atoms with Gasteiger partial charge in [0.15, 0.2) is 10.1 Å². The van der Waals surface area contributed by atoms with E-state index in [4.69, 9.17) is 16.0 Å². The van der Waals surface area contributed by atoms with Gasteiger partial charge in [-0.15, -0.1) is 10.2 Å². The molecule has 26 heavy (non-hydrogen) atoms. The van der Waals surface area contributed by atoms with E-state index >= 15 is 0 Å². The number of nitrogens with zero attached hydrogens (tertiary/aromatic N) is 2. The van der Waals surface area contributed by atoms with Gasteiger partial charge in [0.05, 0.1) is 10.6 Å². The number of benzene rings is 1. The summed E-state index contributed by atoms with van der Waals surface area (Å²) in [7, 11) is 0. The molecule has 0 saturated carbocycles. The quantitative estimate of drug-likeness (QED) is 0.450. The van der Waals surface area contributed by atoms with E-state index < -0.39 is 17.6 Å². The monoisotopic (exact) mass is 419 g/mol. The highest BCUT2D eigenvalue weighted by Crippen LogP contribution is 2.36. The van der Waals surface area contributed by atoms with Crippen LogP contribution in [0.3, 0.4) is 0 Å². The summed E-state index contributed by atoms with van der Waals surface area (Å²) >= 11 is 8.54. The van der Waals surface area contributed by atoms with Crippen LogP contribution in [0.2, 0.25) is 5.02 Å². The number of carbonyl (C=O) groups excluding carboxylic acids is 1. The number of amides is 1. The Hall–Kier alpha value is -2.04. The lowest BCUT2D eigenvalue weighted by molar-refractivity contribution is -0.137. The first-order valence-corrected chi connectivity index (χ1v) is 9.35. The molecular weight excluding hydrogens is 411 g/mol. The predicted molar refractivity (Wildman–Crippen MR) is 93.8 cm³/mol. The molecule has 3 rings (SSSR count). The van der Waals surface area contributed by atoms with Crippen LogP contribution in [0.1, 0.15) is 16.1 Å². The minimum atomic E-state index is -4.51. The topological polar surface area (TPSA) is 68.0 Å². The molecule has 3 aromatic rings. The molecule has 0 atom stereocenters. The van der Waals surface area contributed by atoms with E-state index in [1.54, 1.807) is 0 Å². The Kier molecular flexibility index (Phi) is 5.26. The highest BCUT2D eigenvalue weighted by atomic mass is 35.5. The van der Waals surface area contributed by atoms with E-state index in [1.807, 2.05) is 6.26 Å². The molecule has 5 nitrogen and oxygen atoms in total. The molecule has 0 spiro atoms. The summed E-state index contributed by atoms with van der Waals surface area (Å²) in [5.74, 6) is -0.633. The predicted octanol–water partition coefficient (Wildman–Crippen LogP) is 5.44. The first kappa shape index (κ1) is 18.7. The van der Waals surface area contributed by atoms with Gasteiger partial charge in [0.25, 0.3) is 5.91 Å². The van der Waals surface area contributed by atoms with E-state index in [-0.39, 0.29) is 27.2 Å². The molecule has 2 heterocycles. The average Bonchev–Trinajstić information content (AvgIpc) is 3.23. The number of halogens is 4. The van der Waals surface area contributed by atoms with Crippen molar-refractivity contribution in [2.24, 2.45) is 0 Å². The van der Waals surface area contributed by atoms with Crippen molar-refractivity contribution in [3.63, 3.8) is 0 Å². The molecule has 0 aliphatic heterocycles. The van der Waals surface area contributed by atoms with E-state index in [2.05, 4.69) is 15.5 Å². The summed E-state index contributed by atoms with van der Waals surface area (Å²) in [6.45, 7) is 0. The minimum Gasteiger partial charge on any atom is -0.451 e. The smallest absolute Gasteiger partial charge is 0.416 e. The summed E-state index contributed by atoms with van der Waals surface area (Å²) in [6.07, 6.45) is -2.69. The van der Waals surface area contributed by atoms with Crippen molar-refractivity contribution >= 4 is 45.7 Å². The molecule has 0 bridgehead atoms. The summed E-state index contributed by atoms with van der Waals surface area (Å²) in [4.78, 5) is 12.2. The van der Waals surface area contributed by atoms with E-state index in [9.17, 15) is 18.0 Å². The number of aromatic nitrogens is 2. The highest BCUT2D eigenvalue weighted by molar-refractivity contribution is 8.00. The zero-order valence-corrected chi connectivity index (χ0v) is 15.3. The van der Waals surface area contributed by atoms with Gasteiger partial charge in [0, 0.05) is 5.56 Å². The molecule has 11 heteroatoms. The fraction of sp³-hybridized carbons (Fsp3) is 0.133. The molecule has 1 aromatic carbocycles. The summed E-state index contributed by atoms with van der Waals surface area (Å²) < 4.78 is 44.7. The van der Waals surface area contributed by atoms with Crippen LogP contribution >= 0.6 is 34.7 Å². The summed E-state index contributed by atoms with van der Waals surface area (Å²) in [5.41, 5.74) is -0.820. The third kappa shape index (κ3) is 4.02. The molecule has 0 fully saturated rings. The fourth-order valence-electron chi connectivity index (χ4n) is 2.00. The molecule has 0 aliphatic rings. The van der Waals surface area contributed by atoms with Gasteiger partial charge in [-0.1, -0.05) is 34.7 Å². The number of carbonyl (C=O) groups is 1. The Morgan fingerprint density at radius 1 is 1.27 bits per heavy atom. The number of thioether (sulfide) groups is 1. The van der Waals surface area contributed by atoms with Crippen LogP contribution in [0.4, 0.5) is 18.3 Å². The number of anilines is 1. The molecular formula is C15H9ClF3N3O2S2. The highest BCUT2D eigenvalue weighted by Gasteiger charge is 2.31. The lowest BCUT2D eigenvalue weighted by Crippen LogP contribution is -2.10. The van der Waals surface area contributed by atoms with Crippen molar-refractivity contribution in [2.75, 3.05) is 11.6 Å². The Balaban J connectivity index is 1.84. The van der Waals surface area contributed by atoms with Crippen LogP contribution in [0, 0.1) is 0 Å². The zero-order chi connectivity index (χ0) is 18.9. The van der Waals surface area contributed by atoms with Gasteiger partial charge in [-0.05, 0) is 36.6 Å². The first-order valence-electron chi connectivity index (χ1n) is 6.93. The van der Waals surface area contributed by atoms with E-state index in [0.717, 1.165) is 18.2 Å². The molecule has 2 aromatic heterocycles. The number of hydrogen-bond acceptors (Lipinski definition) is 6. The van der Waals surface area contributed by atoms with Gasteiger partial charge < -0.3 is 4.42 Å². The largest absolute Gasteiger partial charge is 0.451 e. The summed E-state index contributed by atoms with van der Waals surface area (Å²) in [6, 6.07) is 5.61. The van der Waals surface area contributed by atoms with E-state index in [0.29, 0.717) is 4.34 Å². The second-order valence-electron chi connectivity index (χ2n) is 4.89. The Morgan fingerprint density at radius 3 is 2.69 bits per heavy atom. The van der Waals surface area contributed by atoms with E-state index in [1.165, 1.54) is 35.2 Å². The van der Waals surface area contributed by atoms with Crippen molar-refractivity contribution in [2.45, 2.75) is 10.5 Å². The Morgan fingerprint density at radius 2 is 2.04 bits per heavy atom. The maximum Gasteiger partial charge on any atom is 0.416 e. The van der Waals surface area contributed by atoms with Crippen LogP contribution in [-0.4, -0.2) is 22.4 Å². The zero-order valence-electron chi connectivity index (χ0n) is 12.9. The number of nitrogens with one attached hydrogen (secondary N) is 1. The molecule has 1 N–H and O–H groups in total. The number of hydrogen-bond donors (Lipinski definition) is 1. The van der Waals surface area contributed by atoms with Gasteiger partial charge in [0.1, 0.15) is 5.76 Å². The summed E-state index contributed by atoms with van der Waals surface area (Å²) in [5, 5.41) is 10.5.